The maximum absolute atomic E-state index is 5.71. The molecule has 1 aromatic carbocycles. The average Bonchev–Trinajstić information content (AvgIpc) is 3.04. The summed E-state index contributed by atoms with van der Waals surface area (Å²) in [5, 5.41) is 0. The Morgan fingerprint density at radius 2 is 1.73 bits per heavy atom. The molecule has 2 aromatic heterocycles. The Morgan fingerprint density at radius 3 is 2.46 bits per heavy atom. The fraction of sp³-hybridized carbons (Fsp3) is 0.300. The molecule has 134 valence electrons. The summed E-state index contributed by atoms with van der Waals surface area (Å²) in [6, 6.07) is 14.4. The number of hydrogen-bond donors (Lipinski definition) is 0. The van der Waals surface area contributed by atoms with Gasteiger partial charge in [0.1, 0.15) is 5.82 Å². The summed E-state index contributed by atoms with van der Waals surface area (Å²) < 4.78 is 5.08. The van der Waals surface area contributed by atoms with E-state index in [1.54, 1.807) is 0 Å². The summed E-state index contributed by atoms with van der Waals surface area (Å²) in [5.41, 5.74) is 2.38. The molecule has 3 aromatic rings. The first-order valence-corrected chi connectivity index (χ1v) is 9.35. The van der Waals surface area contributed by atoms with Crippen LogP contribution in [0.1, 0.15) is 5.56 Å². The normalized spacial score (nSPS) is 15.3. The number of nitrogens with zero attached hydrogens (tertiary/aromatic N) is 5. The highest BCUT2D eigenvalue weighted by molar-refractivity contribution is 7.71. The highest BCUT2D eigenvalue weighted by Gasteiger charge is 2.18. The monoisotopic (exact) mass is 365 g/mol. The number of benzene rings is 1. The predicted octanol–water partition coefficient (Wildman–Crippen LogP) is 3.49. The zero-order valence-corrected chi connectivity index (χ0v) is 15.8. The SMILES string of the molecule is Cc1ccccc1-n1ccn(CN2CCN(c3ccccn3)CC2)c1=S. The van der Waals surface area contributed by atoms with Crippen molar-refractivity contribution in [3.63, 3.8) is 0 Å². The molecule has 0 aliphatic carbocycles. The van der Waals surface area contributed by atoms with Crippen LogP contribution in [0, 0.1) is 11.7 Å². The molecule has 26 heavy (non-hydrogen) atoms. The highest BCUT2D eigenvalue weighted by atomic mass is 32.1. The zero-order valence-electron chi connectivity index (χ0n) is 15.0. The largest absolute Gasteiger partial charge is 0.354 e. The van der Waals surface area contributed by atoms with E-state index in [4.69, 9.17) is 12.2 Å². The van der Waals surface area contributed by atoms with Gasteiger partial charge in [-0.1, -0.05) is 24.3 Å². The van der Waals surface area contributed by atoms with Crippen LogP contribution in [0.4, 0.5) is 5.82 Å². The van der Waals surface area contributed by atoms with Crippen molar-refractivity contribution in [2.24, 2.45) is 0 Å². The molecule has 0 radical (unpaired) electrons. The first kappa shape index (κ1) is 17.0. The Hall–Kier alpha value is -2.44. The standard InChI is InChI=1S/C20H23N5S/c1-17-6-2-3-7-18(17)25-15-14-24(20(25)26)16-22-10-12-23(13-11-22)19-8-4-5-9-21-19/h2-9,14-15H,10-13,16H2,1H3. The van der Waals surface area contributed by atoms with Gasteiger partial charge in [-0.25, -0.2) is 4.98 Å². The molecular formula is C20H23N5S. The lowest BCUT2D eigenvalue weighted by atomic mass is 10.2. The molecule has 1 saturated heterocycles. The second-order valence-electron chi connectivity index (χ2n) is 6.64. The Kier molecular flexibility index (Phi) is 4.86. The van der Waals surface area contributed by atoms with Gasteiger partial charge in [-0.3, -0.25) is 9.47 Å². The van der Waals surface area contributed by atoms with Crippen LogP contribution in [0.5, 0.6) is 0 Å². The molecular weight excluding hydrogens is 342 g/mol. The molecule has 0 N–H and O–H groups in total. The van der Waals surface area contributed by atoms with E-state index < -0.39 is 0 Å². The molecule has 0 atom stereocenters. The summed E-state index contributed by atoms with van der Waals surface area (Å²) >= 11 is 5.71. The second-order valence-corrected chi connectivity index (χ2v) is 7.01. The van der Waals surface area contributed by atoms with E-state index in [9.17, 15) is 0 Å². The van der Waals surface area contributed by atoms with Gasteiger partial charge in [0.05, 0.1) is 12.4 Å². The minimum absolute atomic E-state index is 0.827. The molecule has 3 heterocycles. The smallest absolute Gasteiger partial charge is 0.185 e. The minimum Gasteiger partial charge on any atom is -0.354 e. The maximum Gasteiger partial charge on any atom is 0.185 e. The van der Waals surface area contributed by atoms with Crippen LogP contribution in [0.25, 0.3) is 5.69 Å². The first-order valence-electron chi connectivity index (χ1n) is 8.94. The minimum atomic E-state index is 0.827. The molecule has 4 rings (SSSR count). The van der Waals surface area contributed by atoms with Gasteiger partial charge >= 0.3 is 0 Å². The lowest BCUT2D eigenvalue weighted by Gasteiger charge is -2.35. The summed E-state index contributed by atoms with van der Waals surface area (Å²) in [5.74, 6) is 1.06. The van der Waals surface area contributed by atoms with Crippen molar-refractivity contribution in [3.8, 4) is 5.69 Å². The molecule has 1 fully saturated rings. The molecule has 0 spiro atoms. The van der Waals surface area contributed by atoms with E-state index in [0.29, 0.717) is 0 Å². The quantitative estimate of drug-likeness (QED) is 0.662. The van der Waals surface area contributed by atoms with Crippen LogP contribution in [0.15, 0.2) is 61.1 Å². The number of imidazole rings is 1. The molecule has 1 aliphatic heterocycles. The molecule has 0 unspecified atom stereocenters. The average molecular weight is 366 g/mol. The van der Waals surface area contributed by atoms with E-state index in [1.165, 1.54) is 5.56 Å². The summed E-state index contributed by atoms with van der Waals surface area (Å²) in [6.45, 7) is 6.94. The van der Waals surface area contributed by atoms with Gasteiger partial charge in [0.25, 0.3) is 0 Å². The lowest BCUT2D eigenvalue weighted by Crippen LogP contribution is -2.47. The van der Waals surface area contributed by atoms with Crippen molar-refractivity contribution in [1.29, 1.82) is 0 Å². The molecule has 1 aliphatic rings. The van der Waals surface area contributed by atoms with Crippen LogP contribution >= 0.6 is 12.2 Å². The van der Waals surface area contributed by atoms with Gasteiger partial charge in [0.2, 0.25) is 0 Å². The molecule has 0 bridgehead atoms. The second kappa shape index (κ2) is 7.43. The van der Waals surface area contributed by atoms with E-state index in [1.807, 2.05) is 18.3 Å². The molecule has 0 saturated carbocycles. The Balaban J connectivity index is 1.43. The third-order valence-electron chi connectivity index (χ3n) is 4.92. The fourth-order valence-corrected chi connectivity index (χ4v) is 3.69. The molecule has 0 amide bonds. The van der Waals surface area contributed by atoms with Gasteiger partial charge in [-0.05, 0) is 42.9 Å². The van der Waals surface area contributed by atoms with Gasteiger partial charge in [-0.15, -0.1) is 0 Å². The number of anilines is 1. The van der Waals surface area contributed by atoms with Crippen LogP contribution < -0.4 is 4.90 Å². The number of aromatic nitrogens is 3. The van der Waals surface area contributed by atoms with E-state index in [0.717, 1.165) is 49.1 Å². The van der Waals surface area contributed by atoms with Crippen LogP contribution in [0.3, 0.4) is 0 Å². The summed E-state index contributed by atoms with van der Waals surface area (Å²) in [7, 11) is 0. The highest BCUT2D eigenvalue weighted by Crippen LogP contribution is 2.16. The third-order valence-corrected chi connectivity index (χ3v) is 5.35. The van der Waals surface area contributed by atoms with Crippen molar-refractivity contribution in [2.45, 2.75) is 13.6 Å². The molecule has 5 nitrogen and oxygen atoms in total. The van der Waals surface area contributed by atoms with Gasteiger partial charge < -0.3 is 9.47 Å². The number of pyridine rings is 1. The number of para-hydroxylation sites is 1. The van der Waals surface area contributed by atoms with E-state index in [2.05, 4.69) is 73.6 Å². The van der Waals surface area contributed by atoms with Crippen molar-refractivity contribution in [1.82, 2.24) is 19.0 Å². The number of piperazine rings is 1. The van der Waals surface area contributed by atoms with Crippen LogP contribution in [-0.4, -0.2) is 45.2 Å². The summed E-state index contributed by atoms with van der Waals surface area (Å²) in [6.07, 6.45) is 6.00. The number of hydrogen-bond acceptors (Lipinski definition) is 4. The lowest BCUT2D eigenvalue weighted by molar-refractivity contribution is 0.204. The zero-order chi connectivity index (χ0) is 17.9. The van der Waals surface area contributed by atoms with E-state index >= 15 is 0 Å². The van der Waals surface area contributed by atoms with Crippen molar-refractivity contribution < 1.29 is 0 Å². The predicted molar refractivity (Wildman–Crippen MR) is 107 cm³/mol. The van der Waals surface area contributed by atoms with Gasteiger partial charge in [-0.2, -0.15) is 0 Å². The Morgan fingerprint density at radius 1 is 0.962 bits per heavy atom. The van der Waals surface area contributed by atoms with Crippen LogP contribution in [-0.2, 0) is 6.67 Å². The first-order chi connectivity index (χ1) is 12.7. The Bertz CT molecular complexity index is 923. The molecule has 6 heteroatoms. The third kappa shape index (κ3) is 3.43. The van der Waals surface area contributed by atoms with Crippen molar-refractivity contribution >= 4 is 18.0 Å². The number of rotatable bonds is 4. The topological polar surface area (TPSA) is 29.2 Å². The fourth-order valence-electron chi connectivity index (χ4n) is 3.41. The Labute approximate surface area is 159 Å². The van der Waals surface area contributed by atoms with Crippen LogP contribution in [0.2, 0.25) is 0 Å². The van der Waals surface area contributed by atoms with Crippen molar-refractivity contribution in [2.75, 3.05) is 31.1 Å². The number of aryl methyl sites for hydroxylation is 1. The maximum atomic E-state index is 5.71. The van der Waals surface area contributed by atoms with Gasteiger partial charge in [0, 0.05) is 44.8 Å². The van der Waals surface area contributed by atoms with Gasteiger partial charge in [0.15, 0.2) is 4.77 Å². The van der Waals surface area contributed by atoms with Crippen molar-refractivity contribution in [3.05, 3.63) is 71.4 Å². The van der Waals surface area contributed by atoms with E-state index in [-0.39, 0.29) is 0 Å². The summed E-state index contributed by atoms with van der Waals surface area (Å²) in [4.78, 5) is 9.24.